The summed E-state index contributed by atoms with van der Waals surface area (Å²) in [6, 6.07) is 24.7. The molecule has 200 valence electrons. The molecule has 0 saturated carbocycles. The fourth-order valence-corrected chi connectivity index (χ4v) is 4.94. The third kappa shape index (κ3) is 4.99. The van der Waals surface area contributed by atoms with Crippen molar-refractivity contribution in [2.24, 2.45) is 0 Å². The molecule has 1 saturated heterocycles. The van der Waals surface area contributed by atoms with Gasteiger partial charge in [0.05, 0.1) is 11.6 Å². The second-order valence-corrected chi connectivity index (χ2v) is 9.49. The molecule has 1 amide bonds. The fraction of sp³-hybridized carbons (Fsp3) is 0.156. The number of carbonyl (C=O) groups excluding carboxylic acids is 2. The van der Waals surface area contributed by atoms with Crippen molar-refractivity contribution in [2.75, 3.05) is 13.2 Å². The van der Waals surface area contributed by atoms with E-state index in [4.69, 9.17) is 14.2 Å². The molecular weight excluding hydrogens is 508 g/mol. The second kappa shape index (κ2) is 10.9. The van der Waals surface area contributed by atoms with E-state index in [0.29, 0.717) is 48.2 Å². The van der Waals surface area contributed by atoms with Gasteiger partial charge in [0, 0.05) is 24.5 Å². The van der Waals surface area contributed by atoms with E-state index in [0.717, 1.165) is 11.1 Å². The molecule has 1 fully saturated rings. The van der Waals surface area contributed by atoms with Crippen LogP contribution < -0.4 is 14.2 Å². The number of aromatic nitrogens is 1. The molecule has 2 aliphatic rings. The topological polar surface area (TPSA) is 98.2 Å². The number of benzene rings is 3. The number of hydrogen-bond donors (Lipinski definition) is 1. The van der Waals surface area contributed by atoms with E-state index in [-0.39, 0.29) is 17.9 Å². The Balaban J connectivity index is 1.41. The van der Waals surface area contributed by atoms with Gasteiger partial charge in [-0.05, 0) is 59.2 Å². The van der Waals surface area contributed by atoms with E-state index in [1.54, 1.807) is 48.8 Å². The zero-order valence-corrected chi connectivity index (χ0v) is 21.5. The zero-order valence-electron chi connectivity index (χ0n) is 21.5. The number of ether oxygens (including phenoxy) is 3. The Kier molecular flexibility index (Phi) is 6.89. The number of nitrogens with zero attached hydrogens (tertiary/aromatic N) is 2. The molecule has 0 unspecified atom stereocenters. The van der Waals surface area contributed by atoms with Gasteiger partial charge in [0.25, 0.3) is 11.7 Å². The van der Waals surface area contributed by atoms with Crippen LogP contribution >= 0.6 is 0 Å². The highest BCUT2D eigenvalue weighted by atomic mass is 16.6. The zero-order chi connectivity index (χ0) is 27.5. The van der Waals surface area contributed by atoms with Crippen LogP contribution in [0.5, 0.6) is 17.2 Å². The lowest BCUT2D eigenvalue weighted by atomic mass is 9.95. The first-order chi connectivity index (χ1) is 19.6. The molecule has 8 heteroatoms. The van der Waals surface area contributed by atoms with Gasteiger partial charge in [-0.25, -0.2) is 0 Å². The average molecular weight is 535 g/mol. The van der Waals surface area contributed by atoms with Gasteiger partial charge in [-0.3, -0.25) is 14.6 Å². The number of Topliss-reactive ketones (excluding diaryl/α,β-unsaturated/α-hetero) is 1. The number of likely N-dealkylation sites (tertiary alicyclic amines) is 1. The summed E-state index contributed by atoms with van der Waals surface area (Å²) in [6.45, 7) is 1.33. The van der Waals surface area contributed by atoms with Gasteiger partial charge in [-0.15, -0.1) is 0 Å². The number of rotatable bonds is 7. The number of hydrogen-bond acceptors (Lipinski definition) is 7. The van der Waals surface area contributed by atoms with E-state index < -0.39 is 17.7 Å². The summed E-state index contributed by atoms with van der Waals surface area (Å²) in [5.41, 5.74) is 2.80. The Hall–Kier alpha value is -5.11. The highest BCUT2D eigenvalue weighted by molar-refractivity contribution is 6.46. The molecule has 1 atom stereocenters. The van der Waals surface area contributed by atoms with Crippen LogP contribution in [0.15, 0.2) is 103 Å². The molecule has 3 heterocycles. The van der Waals surface area contributed by atoms with Gasteiger partial charge in [-0.1, -0.05) is 42.5 Å². The Morgan fingerprint density at radius 3 is 2.45 bits per heavy atom. The van der Waals surface area contributed by atoms with Crippen LogP contribution in [-0.2, 0) is 22.7 Å². The molecule has 8 nitrogen and oxygen atoms in total. The van der Waals surface area contributed by atoms with Crippen molar-refractivity contribution in [2.45, 2.75) is 19.2 Å². The van der Waals surface area contributed by atoms with E-state index in [9.17, 15) is 14.7 Å². The molecule has 40 heavy (non-hydrogen) atoms. The molecule has 0 radical (unpaired) electrons. The number of amides is 1. The lowest BCUT2D eigenvalue weighted by Gasteiger charge is -2.26. The molecule has 1 aromatic heterocycles. The summed E-state index contributed by atoms with van der Waals surface area (Å²) in [4.78, 5) is 32.4. The maximum Gasteiger partial charge on any atom is 0.295 e. The third-order valence-electron chi connectivity index (χ3n) is 6.88. The number of carbonyl (C=O) groups is 2. The first-order valence-corrected chi connectivity index (χ1v) is 12.9. The minimum atomic E-state index is -0.846. The average Bonchev–Trinajstić information content (AvgIpc) is 3.25. The van der Waals surface area contributed by atoms with Crippen molar-refractivity contribution >= 4 is 17.4 Å². The van der Waals surface area contributed by atoms with Crippen LogP contribution in [0.25, 0.3) is 5.76 Å². The molecule has 4 aromatic rings. The van der Waals surface area contributed by atoms with E-state index in [2.05, 4.69) is 4.98 Å². The summed E-state index contributed by atoms with van der Waals surface area (Å²) in [5.74, 6) is -0.142. The normalized spacial score (nSPS) is 17.6. The molecule has 2 aliphatic heterocycles. The molecule has 0 aliphatic carbocycles. The minimum Gasteiger partial charge on any atom is -0.507 e. The monoisotopic (exact) mass is 534 g/mol. The van der Waals surface area contributed by atoms with Crippen molar-refractivity contribution in [1.29, 1.82) is 0 Å². The Labute approximate surface area is 231 Å². The van der Waals surface area contributed by atoms with Crippen molar-refractivity contribution in [3.63, 3.8) is 0 Å². The predicted octanol–water partition coefficient (Wildman–Crippen LogP) is 5.05. The standard InChI is InChI=1S/C32H26N2O6/c35-30(24-9-10-26-27(18-24)39-16-15-38-26)28-29(34(32(37)31(28)36)19-21-11-13-33-14-12-21)23-7-4-8-25(17-23)40-20-22-5-2-1-3-6-22/h1-14,17-18,29,35H,15-16,19-20H2/t29-/m1/s1. The van der Waals surface area contributed by atoms with Gasteiger partial charge in [-0.2, -0.15) is 0 Å². The van der Waals surface area contributed by atoms with Crippen molar-refractivity contribution in [3.8, 4) is 17.2 Å². The number of ketones is 1. The van der Waals surface area contributed by atoms with Crippen LogP contribution in [0.1, 0.15) is 28.3 Å². The van der Waals surface area contributed by atoms with E-state index >= 15 is 0 Å². The molecule has 3 aromatic carbocycles. The molecular formula is C32H26N2O6. The smallest absolute Gasteiger partial charge is 0.295 e. The summed E-state index contributed by atoms with van der Waals surface area (Å²) in [7, 11) is 0. The number of pyridine rings is 1. The molecule has 1 N–H and O–H groups in total. The van der Waals surface area contributed by atoms with Gasteiger partial charge in [0.1, 0.15) is 31.3 Å². The Morgan fingerprint density at radius 2 is 1.65 bits per heavy atom. The summed E-state index contributed by atoms with van der Waals surface area (Å²) < 4.78 is 17.3. The SMILES string of the molecule is O=C1C(=O)N(Cc2ccncc2)[C@H](c2cccc(OCc3ccccc3)c2)C1=C(O)c1ccc2c(c1)OCCO2. The first kappa shape index (κ1) is 25.2. The summed E-state index contributed by atoms with van der Waals surface area (Å²) in [5, 5.41) is 11.5. The molecule has 0 spiro atoms. The second-order valence-electron chi connectivity index (χ2n) is 9.49. The van der Waals surface area contributed by atoms with E-state index in [1.807, 2.05) is 48.5 Å². The Bertz CT molecular complexity index is 1590. The van der Waals surface area contributed by atoms with Gasteiger partial charge < -0.3 is 24.2 Å². The van der Waals surface area contributed by atoms with Gasteiger partial charge in [0.15, 0.2) is 11.5 Å². The van der Waals surface area contributed by atoms with Crippen LogP contribution in [-0.4, -0.2) is 39.9 Å². The predicted molar refractivity (Wildman–Crippen MR) is 147 cm³/mol. The largest absolute Gasteiger partial charge is 0.507 e. The number of fused-ring (bicyclic) bond motifs is 1. The van der Waals surface area contributed by atoms with Crippen molar-refractivity contribution in [3.05, 3.63) is 125 Å². The first-order valence-electron chi connectivity index (χ1n) is 12.9. The van der Waals surface area contributed by atoms with Gasteiger partial charge >= 0.3 is 0 Å². The fourth-order valence-electron chi connectivity index (χ4n) is 4.94. The van der Waals surface area contributed by atoms with Crippen molar-refractivity contribution in [1.82, 2.24) is 9.88 Å². The lowest BCUT2D eigenvalue weighted by Crippen LogP contribution is -2.29. The summed E-state index contributed by atoms with van der Waals surface area (Å²) in [6.07, 6.45) is 3.27. The van der Waals surface area contributed by atoms with Crippen molar-refractivity contribution < 1.29 is 28.9 Å². The third-order valence-corrected chi connectivity index (χ3v) is 6.88. The van der Waals surface area contributed by atoms with Crippen LogP contribution in [0.3, 0.4) is 0 Å². The maximum absolute atomic E-state index is 13.5. The van der Waals surface area contributed by atoms with E-state index in [1.165, 1.54) is 4.90 Å². The van der Waals surface area contributed by atoms with Crippen LogP contribution in [0, 0.1) is 0 Å². The quantitative estimate of drug-likeness (QED) is 0.201. The minimum absolute atomic E-state index is 0.00376. The molecule has 0 bridgehead atoms. The maximum atomic E-state index is 13.5. The summed E-state index contributed by atoms with van der Waals surface area (Å²) >= 11 is 0. The lowest BCUT2D eigenvalue weighted by molar-refractivity contribution is -0.140. The van der Waals surface area contributed by atoms with Crippen LogP contribution in [0.4, 0.5) is 0 Å². The highest BCUT2D eigenvalue weighted by Crippen LogP contribution is 2.42. The number of aliphatic hydroxyl groups excluding tert-OH is 1. The highest BCUT2D eigenvalue weighted by Gasteiger charge is 2.46. The molecule has 6 rings (SSSR count). The van der Waals surface area contributed by atoms with Gasteiger partial charge in [0.2, 0.25) is 0 Å². The Morgan fingerprint density at radius 1 is 0.875 bits per heavy atom. The van der Waals surface area contributed by atoms with Crippen LogP contribution in [0.2, 0.25) is 0 Å². The number of aliphatic hydroxyl groups is 1.